The van der Waals surface area contributed by atoms with E-state index in [2.05, 4.69) is 10.3 Å². The molecule has 1 aromatic rings. The van der Waals surface area contributed by atoms with Gasteiger partial charge in [-0.2, -0.15) is 0 Å². The highest BCUT2D eigenvalue weighted by molar-refractivity contribution is 5.43. The summed E-state index contributed by atoms with van der Waals surface area (Å²) in [5.74, 6) is 0.731. The van der Waals surface area contributed by atoms with E-state index in [-0.39, 0.29) is 0 Å². The summed E-state index contributed by atoms with van der Waals surface area (Å²) in [6.45, 7) is 1.73. The van der Waals surface area contributed by atoms with E-state index in [1.807, 2.05) is 0 Å². The van der Waals surface area contributed by atoms with Gasteiger partial charge in [-0.15, -0.1) is 0 Å². The topological polar surface area (TPSA) is 80.4 Å². The van der Waals surface area contributed by atoms with Crippen molar-refractivity contribution in [3.63, 3.8) is 0 Å². The average Bonchev–Trinajstić information content (AvgIpc) is 2.29. The quantitative estimate of drug-likeness (QED) is 0.700. The first-order valence-electron chi connectivity index (χ1n) is 5.44. The molecule has 16 heavy (non-hydrogen) atoms. The van der Waals surface area contributed by atoms with Crippen molar-refractivity contribution in [2.75, 3.05) is 30.8 Å². The molecule has 0 spiro atoms. The fourth-order valence-corrected chi connectivity index (χ4v) is 1.69. The van der Waals surface area contributed by atoms with E-state index >= 15 is 0 Å². The minimum absolute atomic E-state index is 0.493. The molecule has 1 aliphatic heterocycles. The number of hydrogen-bond acceptors (Lipinski definition) is 5. The van der Waals surface area contributed by atoms with Crippen molar-refractivity contribution in [2.24, 2.45) is 0 Å². The standard InChI is InChI=1S/C11H17N3O2/c12-9-1-2-10(13-7-9)14-8-11(15)3-5-16-6-4-11/h1-2,7,15H,3-6,8,12H2,(H,13,14). The zero-order valence-corrected chi connectivity index (χ0v) is 9.15. The van der Waals surface area contributed by atoms with Gasteiger partial charge in [-0.25, -0.2) is 4.98 Å². The molecule has 0 unspecified atom stereocenters. The summed E-state index contributed by atoms with van der Waals surface area (Å²) in [4.78, 5) is 4.12. The normalized spacial score (nSPS) is 19.3. The van der Waals surface area contributed by atoms with E-state index in [0.717, 1.165) is 5.82 Å². The first kappa shape index (κ1) is 11.2. The molecule has 2 heterocycles. The van der Waals surface area contributed by atoms with Crippen molar-refractivity contribution in [3.05, 3.63) is 18.3 Å². The van der Waals surface area contributed by atoms with Gasteiger partial charge in [-0.05, 0) is 12.1 Å². The summed E-state index contributed by atoms with van der Waals surface area (Å²) < 4.78 is 5.21. The highest BCUT2D eigenvalue weighted by Gasteiger charge is 2.29. The Morgan fingerprint density at radius 2 is 2.19 bits per heavy atom. The number of rotatable bonds is 3. The second kappa shape index (κ2) is 4.67. The number of nitrogens with two attached hydrogens (primary N) is 1. The van der Waals surface area contributed by atoms with E-state index < -0.39 is 5.60 Å². The number of nitrogens with zero attached hydrogens (tertiary/aromatic N) is 1. The zero-order valence-electron chi connectivity index (χ0n) is 9.15. The van der Waals surface area contributed by atoms with Gasteiger partial charge in [-0.1, -0.05) is 0 Å². The monoisotopic (exact) mass is 223 g/mol. The number of ether oxygens (including phenoxy) is 1. The molecular weight excluding hydrogens is 206 g/mol. The molecule has 0 atom stereocenters. The maximum absolute atomic E-state index is 10.2. The number of pyridine rings is 1. The fourth-order valence-electron chi connectivity index (χ4n) is 1.69. The van der Waals surface area contributed by atoms with E-state index in [9.17, 15) is 5.11 Å². The first-order valence-corrected chi connectivity index (χ1v) is 5.44. The summed E-state index contributed by atoms with van der Waals surface area (Å²) in [5.41, 5.74) is 5.49. The van der Waals surface area contributed by atoms with Gasteiger partial charge in [0.2, 0.25) is 0 Å². The van der Waals surface area contributed by atoms with Gasteiger partial charge in [0.1, 0.15) is 5.82 Å². The molecule has 5 heteroatoms. The molecule has 1 aliphatic rings. The van der Waals surface area contributed by atoms with Gasteiger partial charge in [0, 0.05) is 32.6 Å². The second-order valence-electron chi connectivity index (χ2n) is 4.17. The predicted molar refractivity (Wildman–Crippen MR) is 62.1 cm³/mol. The van der Waals surface area contributed by atoms with Crippen LogP contribution in [-0.4, -0.2) is 35.5 Å². The third-order valence-corrected chi connectivity index (χ3v) is 2.81. The number of hydrogen-bond donors (Lipinski definition) is 3. The maximum Gasteiger partial charge on any atom is 0.126 e. The largest absolute Gasteiger partial charge is 0.397 e. The lowest BCUT2D eigenvalue weighted by Crippen LogP contribution is -2.42. The lowest BCUT2D eigenvalue weighted by atomic mass is 9.94. The lowest BCUT2D eigenvalue weighted by Gasteiger charge is -2.32. The Morgan fingerprint density at radius 1 is 1.44 bits per heavy atom. The Hall–Kier alpha value is -1.33. The van der Waals surface area contributed by atoms with Gasteiger partial charge >= 0.3 is 0 Å². The molecule has 0 saturated carbocycles. The summed E-state index contributed by atoms with van der Waals surface area (Å²) in [6.07, 6.45) is 2.92. The van der Waals surface area contributed by atoms with Crippen LogP contribution < -0.4 is 11.1 Å². The molecule has 0 aromatic carbocycles. The minimum Gasteiger partial charge on any atom is -0.397 e. The Labute approximate surface area is 94.6 Å². The van der Waals surface area contributed by atoms with E-state index in [1.54, 1.807) is 18.3 Å². The van der Waals surface area contributed by atoms with Crippen LogP contribution >= 0.6 is 0 Å². The van der Waals surface area contributed by atoms with Gasteiger partial charge in [0.15, 0.2) is 0 Å². The van der Waals surface area contributed by atoms with Crippen LogP contribution in [0.1, 0.15) is 12.8 Å². The zero-order chi connectivity index (χ0) is 11.4. The van der Waals surface area contributed by atoms with E-state index in [4.69, 9.17) is 10.5 Å². The third-order valence-electron chi connectivity index (χ3n) is 2.81. The molecule has 1 saturated heterocycles. The van der Waals surface area contributed by atoms with Crippen molar-refractivity contribution >= 4 is 11.5 Å². The molecule has 1 fully saturated rings. The molecule has 0 amide bonds. The number of aromatic nitrogens is 1. The van der Waals surface area contributed by atoms with Gasteiger partial charge in [0.25, 0.3) is 0 Å². The Balaban J connectivity index is 1.88. The third kappa shape index (κ3) is 2.84. The maximum atomic E-state index is 10.2. The van der Waals surface area contributed by atoms with Crippen LogP contribution in [0.2, 0.25) is 0 Å². The number of aliphatic hydroxyl groups is 1. The molecule has 0 bridgehead atoms. The van der Waals surface area contributed by atoms with Gasteiger partial charge < -0.3 is 20.9 Å². The molecule has 88 valence electrons. The molecule has 4 N–H and O–H groups in total. The lowest BCUT2D eigenvalue weighted by molar-refractivity contribution is -0.0543. The number of nitrogen functional groups attached to an aromatic ring is 1. The van der Waals surface area contributed by atoms with Crippen molar-refractivity contribution in [3.8, 4) is 0 Å². The molecular formula is C11H17N3O2. The average molecular weight is 223 g/mol. The van der Waals surface area contributed by atoms with Crippen LogP contribution in [0.3, 0.4) is 0 Å². The summed E-state index contributed by atoms with van der Waals surface area (Å²) in [6, 6.07) is 3.58. The molecule has 5 nitrogen and oxygen atoms in total. The molecule has 2 rings (SSSR count). The summed E-state index contributed by atoms with van der Waals surface area (Å²) in [5, 5.41) is 13.3. The summed E-state index contributed by atoms with van der Waals surface area (Å²) in [7, 11) is 0. The van der Waals surface area contributed by atoms with Crippen LogP contribution in [0.4, 0.5) is 11.5 Å². The highest BCUT2D eigenvalue weighted by Crippen LogP contribution is 2.20. The SMILES string of the molecule is Nc1ccc(NCC2(O)CCOCC2)nc1. The van der Waals surface area contributed by atoms with Crippen LogP contribution in [0, 0.1) is 0 Å². The fraction of sp³-hybridized carbons (Fsp3) is 0.545. The minimum atomic E-state index is -0.679. The number of anilines is 2. The predicted octanol–water partition coefficient (Wildman–Crippen LogP) is 0.617. The van der Waals surface area contributed by atoms with Gasteiger partial charge in [0.05, 0.1) is 17.5 Å². The Bertz CT molecular complexity index is 334. The molecule has 0 radical (unpaired) electrons. The molecule has 0 aliphatic carbocycles. The first-order chi connectivity index (χ1) is 7.68. The Kier molecular flexibility index (Phi) is 3.26. The van der Waals surface area contributed by atoms with E-state index in [0.29, 0.717) is 38.3 Å². The van der Waals surface area contributed by atoms with Crippen LogP contribution in [0.25, 0.3) is 0 Å². The van der Waals surface area contributed by atoms with Crippen molar-refractivity contribution in [2.45, 2.75) is 18.4 Å². The van der Waals surface area contributed by atoms with Crippen LogP contribution in [-0.2, 0) is 4.74 Å². The van der Waals surface area contributed by atoms with Crippen molar-refractivity contribution in [1.82, 2.24) is 4.98 Å². The highest BCUT2D eigenvalue weighted by atomic mass is 16.5. The van der Waals surface area contributed by atoms with Crippen LogP contribution in [0.5, 0.6) is 0 Å². The van der Waals surface area contributed by atoms with E-state index in [1.165, 1.54) is 0 Å². The number of nitrogens with one attached hydrogen (secondary N) is 1. The van der Waals surface area contributed by atoms with Crippen molar-refractivity contribution in [1.29, 1.82) is 0 Å². The van der Waals surface area contributed by atoms with Crippen LogP contribution in [0.15, 0.2) is 18.3 Å². The van der Waals surface area contributed by atoms with Gasteiger partial charge in [-0.3, -0.25) is 0 Å². The smallest absolute Gasteiger partial charge is 0.126 e. The Morgan fingerprint density at radius 3 is 2.81 bits per heavy atom. The summed E-state index contributed by atoms with van der Waals surface area (Å²) >= 11 is 0. The second-order valence-corrected chi connectivity index (χ2v) is 4.17. The molecule has 1 aromatic heterocycles. The van der Waals surface area contributed by atoms with Crippen molar-refractivity contribution < 1.29 is 9.84 Å².